The van der Waals surface area contributed by atoms with E-state index in [4.69, 9.17) is 0 Å². The molecule has 0 unspecified atom stereocenters. The van der Waals surface area contributed by atoms with Gasteiger partial charge in [-0.25, -0.2) is 8.42 Å². The van der Waals surface area contributed by atoms with Crippen LogP contribution in [0.5, 0.6) is 0 Å². The summed E-state index contributed by atoms with van der Waals surface area (Å²) in [6.07, 6.45) is 6.42. The van der Waals surface area contributed by atoms with Gasteiger partial charge < -0.3 is 15.3 Å². The molecule has 1 spiro atoms. The third-order valence-electron chi connectivity index (χ3n) is 7.77. The van der Waals surface area contributed by atoms with Gasteiger partial charge in [-0.1, -0.05) is 31.4 Å². The summed E-state index contributed by atoms with van der Waals surface area (Å²) in [4.78, 5) is 30.3. The lowest BCUT2D eigenvalue weighted by Gasteiger charge is -2.51. The van der Waals surface area contributed by atoms with Crippen LogP contribution in [0.15, 0.2) is 24.3 Å². The van der Waals surface area contributed by atoms with Crippen LogP contribution in [0.25, 0.3) is 0 Å². The molecule has 4 rings (SSSR count). The van der Waals surface area contributed by atoms with E-state index in [0.717, 1.165) is 43.9 Å². The fourth-order valence-electron chi connectivity index (χ4n) is 5.68. The molecule has 0 radical (unpaired) electrons. The van der Waals surface area contributed by atoms with Crippen molar-refractivity contribution in [2.75, 3.05) is 31.1 Å². The number of benzene rings is 1. The number of halogens is 1. The molecule has 3 aliphatic rings. The Kier molecular flexibility index (Phi) is 8.73. The number of aliphatic hydroxyl groups excluding tert-OH is 1. The van der Waals surface area contributed by atoms with Crippen LogP contribution < -0.4 is 10.0 Å². The number of nitrogens with zero attached hydrogens (tertiary/aromatic N) is 2. The minimum Gasteiger partial charge on any atom is -0.390 e. The summed E-state index contributed by atoms with van der Waals surface area (Å²) in [6, 6.07) is 6.39. The van der Waals surface area contributed by atoms with Gasteiger partial charge in [0.1, 0.15) is 11.6 Å². The molecular weight excluding hydrogens is 492 g/mol. The number of nitrogens with one attached hydrogen (secondary N) is 2. The minimum atomic E-state index is -3.31. The fourth-order valence-corrected chi connectivity index (χ4v) is 6.25. The molecule has 1 aromatic carbocycles. The first-order valence-corrected chi connectivity index (χ1v) is 14.0. The van der Waals surface area contributed by atoms with Crippen molar-refractivity contribution in [1.29, 1.82) is 0 Å². The molecule has 1 saturated carbocycles. The third-order valence-corrected chi connectivity index (χ3v) is 8.38. The first kappa shape index (κ1) is 27.7. The van der Waals surface area contributed by atoms with Gasteiger partial charge in [-0.05, 0) is 49.3 Å². The molecule has 1 aliphatic carbocycles. The lowest BCUT2D eigenvalue weighted by atomic mass is 9.78. The quantitative estimate of drug-likeness (QED) is 0.517. The van der Waals surface area contributed by atoms with E-state index in [1.807, 2.05) is 12.1 Å². The Morgan fingerprint density at radius 1 is 1.11 bits per heavy atom. The van der Waals surface area contributed by atoms with Crippen LogP contribution in [0.3, 0.4) is 0 Å². The molecule has 2 amide bonds. The van der Waals surface area contributed by atoms with Crippen LogP contribution in [-0.2, 0) is 26.2 Å². The van der Waals surface area contributed by atoms with Gasteiger partial charge in [0.25, 0.3) is 0 Å². The second kappa shape index (κ2) is 11.0. The highest BCUT2D eigenvalue weighted by Crippen LogP contribution is 2.35. The molecule has 11 heteroatoms. The van der Waals surface area contributed by atoms with Crippen LogP contribution >= 0.6 is 12.4 Å². The molecule has 35 heavy (non-hydrogen) atoms. The van der Waals surface area contributed by atoms with Crippen molar-refractivity contribution >= 4 is 39.9 Å². The Morgan fingerprint density at radius 3 is 2.29 bits per heavy atom. The van der Waals surface area contributed by atoms with Crippen LogP contribution in [0.4, 0.5) is 5.69 Å². The number of hydrogen-bond donors (Lipinski definition) is 3. The summed E-state index contributed by atoms with van der Waals surface area (Å²) in [5, 5.41) is 13.8. The van der Waals surface area contributed by atoms with Crippen LogP contribution in [0.1, 0.15) is 50.5 Å². The van der Waals surface area contributed by atoms with Gasteiger partial charge in [0.05, 0.1) is 12.4 Å². The highest BCUT2D eigenvalue weighted by Gasteiger charge is 2.54. The number of sulfonamides is 1. The molecule has 1 aromatic rings. The molecule has 0 aromatic heterocycles. The number of likely N-dealkylation sites (tertiary alicyclic amines) is 1. The highest BCUT2D eigenvalue weighted by atomic mass is 35.5. The Balaban J connectivity index is 0.00000342. The van der Waals surface area contributed by atoms with E-state index in [1.165, 1.54) is 0 Å². The van der Waals surface area contributed by atoms with Gasteiger partial charge in [0, 0.05) is 32.4 Å². The normalized spacial score (nSPS) is 24.5. The lowest BCUT2D eigenvalue weighted by Crippen LogP contribution is -2.74. The first-order valence-electron chi connectivity index (χ1n) is 12.1. The Morgan fingerprint density at radius 2 is 1.71 bits per heavy atom. The Labute approximate surface area is 214 Å². The average Bonchev–Trinajstić information content (AvgIpc) is 2.82. The van der Waals surface area contributed by atoms with Crippen LogP contribution in [-0.4, -0.2) is 79.2 Å². The number of piperazine rings is 1. The molecule has 2 atom stereocenters. The number of carbonyl (C=O) groups excluding carboxylic acids is 2. The molecule has 3 fully saturated rings. The Bertz CT molecular complexity index is 1010. The van der Waals surface area contributed by atoms with Crippen LogP contribution in [0.2, 0.25) is 0 Å². The largest absolute Gasteiger partial charge is 0.390 e. The third kappa shape index (κ3) is 6.10. The molecule has 2 aliphatic heterocycles. The zero-order valence-electron chi connectivity index (χ0n) is 20.4. The predicted octanol–water partition coefficient (Wildman–Crippen LogP) is 1.71. The molecule has 2 saturated heterocycles. The van der Waals surface area contributed by atoms with Crippen molar-refractivity contribution in [1.82, 2.24) is 15.1 Å². The number of carbonyl (C=O) groups is 2. The number of piperidine rings is 1. The minimum absolute atomic E-state index is 0. The van der Waals surface area contributed by atoms with Gasteiger partial charge >= 0.3 is 0 Å². The average molecular weight is 529 g/mol. The van der Waals surface area contributed by atoms with Crippen molar-refractivity contribution in [3.05, 3.63) is 29.8 Å². The van der Waals surface area contributed by atoms with Gasteiger partial charge in [0.2, 0.25) is 21.8 Å². The number of anilines is 1. The molecule has 0 bridgehead atoms. The van der Waals surface area contributed by atoms with E-state index in [0.29, 0.717) is 38.2 Å². The number of amides is 2. The predicted molar refractivity (Wildman–Crippen MR) is 137 cm³/mol. The maximum atomic E-state index is 13.3. The highest BCUT2D eigenvalue weighted by molar-refractivity contribution is 7.92. The van der Waals surface area contributed by atoms with E-state index in [1.54, 1.807) is 24.1 Å². The topological polar surface area (TPSA) is 119 Å². The standard InChI is InChI=1S/C24H36N4O5S.ClH/c1-27-22(30)20(21(29)18-6-4-3-5-7-18)25-23(31)24(27)12-14-28(15-13-24)16-17-8-10-19(11-9-17)26-34(2,32)33;/h8-11,18,20-21,26,29H,3-7,12-16H2,1-2H3,(H,25,31);1H/t20-,21-;/m1./s1. The summed E-state index contributed by atoms with van der Waals surface area (Å²) >= 11 is 0. The molecule has 9 nitrogen and oxygen atoms in total. The van der Waals surface area contributed by atoms with E-state index < -0.39 is 27.7 Å². The number of hydrogen-bond acceptors (Lipinski definition) is 6. The lowest BCUT2D eigenvalue weighted by molar-refractivity contribution is -0.163. The zero-order valence-corrected chi connectivity index (χ0v) is 22.0. The van der Waals surface area contributed by atoms with E-state index in [2.05, 4.69) is 14.9 Å². The summed E-state index contributed by atoms with van der Waals surface area (Å²) in [5.41, 5.74) is 0.690. The summed E-state index contributed by atoms with van der Waals surface area (Å²) < 4.78 is 25.2. The monoisotopic (exact) mass is 528 g/mol. The fraction of sp³-hybridized carbons (Fsp3) is 0.667. The van der Waals surface area contributed by atoms with Crippen molar-refractivity contribution in [3.8, 4) is 0 Å². The van der Waals surface area contributed by atoms with E-state index in [9.17, 15) is 23.1 Å². The number of likely N-dealkylation sites (N-methyl/N-ethyl adjacent to an activating group) is 1. The number of aliphatic hydroxyl groups is 1. The van der Waals surface area contributed by atoms with Gasteiger partial charge in [-0.15, -0.1) is 12.4 Å². The van der Waals surface area contributed by atoms with E-state index in [-0.39, 0.29) is 30.1 Å². The van der Waals surface area contributed by atoms with E-state index >= 15 is 0 Å². The van der Waals surface area contributed by atoms with Crippen molar-refractivity contribution in [3.63, 3.8) is 0 Å². The van der Waals surface area contributed by atoms with Crippen molar-refractivity contribution in [2.24, 2.45) is 5.92 Å². The second-order valence-electron chi connectivity index (χ2n) is 10.1. The van der Waals surface area contributed by atoms with Crippen molar-refractivity contribution in [2.45, 2.75) is 69.2 Å². The van der Waals surface area contributed by atoms with Crippen LogP contribution in [0, 0.1) is 5.92 Å². The maximum absolute atomic E-state index is 13.3. The SMILES string of the molecule is CN1C(=O)[C@@H]([C@H](O)C2CCCCC2)NC(=O)C12CCN(Cc1ccc(NS(C)(=O)=O)cc1)CC2.Cl. The molecule has 3 N–H and O–H groups in total. The summed E-state index contributed by atoms with van der Waals surface area (Å²) in [7, 11) is -1.61. The molecule has 2 heterocycles. The smallest absolute Gasteiger partial charge is 0.248 e. The van der Waals surface area contributed by atoms with Gasteiger partial charge in [0.15, 0.2) is 0 Å². The zero-order chi connectivity index (χ0) is 24.5. The molecular formula is C24H37ClN4O5S. The number of rotatable bonds is 6. The maximum Gasteiger partial charge on any atom is 0.248 e. The second-order valence-corrected chi connectivity index (χ2v) is 11.9. The summed E-state index contributed by atoms with van der Waals surface area (Å²) in [6.45, 7) is 1.99. The first-order chi connectivity index (χ1) is 16.1. The van der Waals surface area contributed by atoms with Gasteiger partial charge in [-0.2, -0.15) is 0 Å². The Hall–Kier alpha value is -1.88. The summed E-state index contributed by atoms with van der Waals surface area (Å²) in [5.74, 6) is -0.295. The van der Waals surface area contributed by atoms with Crippen molar-refractivity contribution < 1.29 is 23.1 Å². The van der Waals surface area contributed by atoms with Gasteiger partial charge in [-0.3, -0.25) is 19.2 Å². The molecule has 196 valence electrons.